The normalized spacial score (nSPS) is 11.0. The molecule has 0 aliphatic carbocycles. The number of thiophene rings is 1. The summed E-state index contributed by atoms with van der Waals surface area (Å²) < 4.78 is 5.36. The van der Waals surface area contributed by atoms with E-state index in [2.05, 4.69) is 28.3 Å². The molecular formula is C16H11N3OS. The molecular weight excluding hydrogens is 282 g/mol. The van der Waals surface area contributed by atoms with E-state index in [1.54, 1.807) is 0 Å². The maximum Gasteiger partial charge on any atom is 0.270 e. The summed E-state index contributed by atoms with van der Waals surface area (Å²) in [6.45, 7) is 0. The third kappa shape index (κ3) is 1.98. The molecule has 2 N–H and O–H groups in total. The standard InChI is InChI=1S/C16H11N3OS/c17-13-8-9-21-14(13)16-18-15(19-20-16)12-7-3-5-10-4-1-2-6-11(10)12/h1-9H,17H2. The Morgan fingerprint density at radius 3 is 2.71 bits per heavy atom. The van der Waals surface area contributed by atoms with Crippen molar-refractivity contribution < 1.29 is 4.52 Å². The van der Waals surface area contributed by atoms with E-state index in [-0.39, 0.29) is 0 Å². The number of anilines is 1. The van der Waals surface area contributed by atoms with Crippen LogP contribution in [-0.4, -0.2) is 10.1 Å². The largest absolute Gasteiger partial charge is 0.397 e. The molecule has 102 valence electrons. The predicted molar refractivity (Wildman–Crippen MR) is 85.0 cm³/mol. The Morgan fingerprint density at radius 2 is 1.86 bits per heavy atom. The summed E-state index contributed by atoms with van der Waals surface area (Å²) in [6.07, 6.45) is 0. The number of nitrogens with two attached hydrogens (primary N) is 1. The Hall–Kier alpha value is -2.66. The average molecular weight is 293 g/mol. The summed E-state index contributed by atoms with van der Waals surface area (Å²) in [4.78, 5) is 5.30. The van der Waals surface area contributed by atoms with Crippen molar-refractivity contribution in [1.82, 2.24) is 10.1 Å². The van der Waals surface area contributed by atoms with Crippen molar-refractivity contribution in [2.45, 2.75) is 0 Å². The number of hydrogen-bond acceptors (Lipinski definition) is 5. The smallest absolute Gasteiger partial charge is 0.270 e. The quantitative estimate of drug-likeness (QED) is 0.601. The molecule has 5 heteroatoms. The van der Waals surface area contributed by atoms with Crippen LogP contribution in [0.2, 0.25) is 0 Å². The van der Waals surface area contributed by atoms with Crippen molar-refractivity contribution in [3.05, 3.63) is 53.9 Å². The summed E-state index contributed by atoms with van der Waals surface area (Å²) in [5.41, 5.74) is 7.51. The van der Waals surface area contributed by atoms with Crippen LogP contribution in [0.4, 0.5) is 5.69 Å². The molecule has 0 radical (unpaired) electrons. The summed E-state index contributed by atoms with van der Waals surface area (Å²) in [5, 5.41) is 8.26. The van der Waals surface area contributed by atoms with Gasteiger partial charge in [0.1, 0.15) is 4.88 Å². The summed E-state index contributed by atoms with van der Waals surface area (Å²) in [7, 11) is 0. The van der Waals surface area contributed by atoms with E-state index in [4.69, 9.17) is 10.3 Å². The first-order valence-corrected chi connectivity index (χ1v) is 7.36. The molecule has 21 heavy (non-hydrogen) atoms. The van der Waals surface area contributed by atoms with Gasteiger partial charge in [0.15, 0.2) is 0 Å². The molecule has 2 aromatic carbocycles. The van der Waals surface area contributed by atoms with E-state index in [9.17, 15) is 0 Å². The van der Waals surface area contributed by atoms with Crippen molar-refractivity contribution >= 4 is 27.8 Å². The lowest BCUT2D eigenvalue weighted by molar-refractivity contribution is 0.433. The third-order valence-corrected chi connectivity index (χ3v) is 4.26. The van der Waals surface area contributed by atoms with Crippen LogP contribution in [0.3, 0.4) is 0 Å². The molecule has 4 rings (SSSR count). The van der Waals surface area contributed by atoms with Crippen LogP contribution in [-0.2, 0) is 0 Å². The Kier molecular flexibility index (Phi) is 2.72. The van der Waals surface area contributed by atoms with Gasteiger partial charge >= 0.3 is 0 Å². The van der Waals surface area contributed by atoms with Crippen molar-refractivity contribution in [1.29, 1.82) is 0 Å². The molecule has 0 bridgehead atoms. The summed E-state index contributed by atoms with van der Waals surface area (Å²) in [5.74, 6) is 1.04. The van der Waals surface area contributed by atoms with Crippen molar-refractivity contribution in [3.8, 4) is 22.2 Å². The third-order valence-electron chi connectivity index (χ3n) is 3.35. The van der Waals surface area contributed by atoms with Crippen LogP contribution >= 0.6 is 11.3 Å². The Balaban J connectivity index is 1.87. The number of hydrogen-bond donors (Lipinski definition) is 1. The molecule has 0 saturated heterocycles. The molecule has 0 amide bonds. The van der Waals surface area contributed by atoms with Crippen molar-refractivity contribution in [2.24, 2.45) is 0 Å². The van der Waals surface area contributed by atoms with E-state index >= 15 is 0 Å². The van der Waals surface area contributed by atoms with Gasteiger partial charge in [-0.2, -0.15) is 4.98 Å². The van der Waals surface area contributed by atoms with E-state index in [1.165, 1.54) is 11.3 Å². The highest BCUT2D eigenvalue weighted by Crippen LogP contribution is 2.33. The van der Waals surface area contributed by atoms with Crippen LogP contribution in [0.15, 0.2) is 58.4 Å². The highest BCUT2D eigenvalue weighted by Gasteiger charge is 2.15. The molecule has 0 aliphatic rings. The molecule has 0 fully saturated rings. The van der Waals surface area contributed by atoms with Gasteiger partial charge in [-0.25, -0.2) is 0 Å². The van der Waals surface area contributed by atoms with Crippen LogP contribution in [0.25, 0.3) is 32.9 Å². The van der Waals surface area contributed by atoms with E-state index < -0.39 is 0 Å². The maximum atomic E-state index is 5.89. The van der Waals surface area contributed by atoms with E-state index in [0.717, 1.165) is 21.2 Å². The monoisotopic (exact) mass is 293 g/mol. The molecule has 2 aromatic heterocycles. The molecule has 0 aliphatic heterocycles. The van der Waals surface area contributed by atoms with Crippen LogP contribution in [0.1, 0.15) is 0 Å². The fourth-order valence-electron chi connectivity index (χ4n) is 2.34. The molecule has 0 unspecified atom stereocenters. The molecule has 4 aromatic rings. The number of aromatic nitrogens is 2. The minimum Gasteiger partial charge on any atom is -0.397 e. The van der Waals surface area contributed by atoms with E-state index in [1.807, 2.05) is 35.7 Å². The number of benzene rings is 2. The topological polar surface area (TPSA) is 64.9 Å². The molecule has 0 spiro atoms. The lowest BCUT2D eigenvalue weighted by Crippen LogP contribution is -1.85. The minimum absolute atomic E-state index is 0.463. The zero-order valence-electron chi connectivity index (χ0n) is 11.0. The number of nitrogen functional groups attached to an aromatic ring is 1. The van der Waals surface area contributed by atoms with Crippen LogP contribution < -0.4 is 5.73 Å². The highest BCUT2D eigenvalue weighted by atomic mass is 32.1. The van der Waals surface area contributed by atoms with Gasteiger partial charge in [-0.3, -0.25) is 0 Å². The molecule has 4 nitrogen and oxygen atoms in total. The van der Waals surface area contributed by atoms with Gasteiger partial charge in [0.2, 0.25) is 5.82 Å². The van der Waals surface area contributed by atoms with Gasteiger partial charge in [0.25, 0.3) is 5.89 Å². The summed E-state index contributed by atoms with van der Waals surface area (Å²) >= 11 is 1.49. The van der Waals surface area contributed by atoms with Crippen molar-refractivity contribution in [2.75, 3.05) is 5.73 Å². The fraction of sp³-hybridized carbons (Fsp3) is 0. The molecule has 0 atom stereocenters. The van der Waals surface area contributed by atoms with Gasteiger partial charge in [-0.15, -0.1) is 11.3 Å². The average Bonchev–Trinajstić information content (AvgIpc) is 3.15. The minimum atomic E-state index is 0.463. The van der Waals surface area contributed by atoms with Gasteiger partial charge in [-0.1, -0.05) is 47.6 Å². The number of rotatable bonds is 2. The lowest BCUT2D eigenvalue weighted by Gasteiger charge is -2.01. The van der Waals surface area contributed by atoms with Crippen LogP contribution in [0.5, 0.6) is 0 Å². The number of nitrogens with zero attached hydrogens (tertiary/aromatic N) is 2. The highest BCUT2D eigenvalue weighted by molar-refractivity contribution is 7.14. The van der Waals surface area contributed by atoms with Crippen molar-refractivity contribution in [3.63, 3.8) is 0 Å². The second kappa shape index (κ2) is 4.71. The van der Waals surface area contributed by atoms with Gasteiger partial charge < -0.3 is 10.3 Å². The Labute approximate surface area is 124 Å². The van der Waals surface area contributed by atoms with Gasteiger partial charge in [0.05, 0.1) is 5.69 Å². The molecule has 2 heterocycles. The predicted octanol–water partition coefficient (Wildman–Crippen LogP) is 4.20. The second-order valence-electron chi connectivity index (χ2n) is 4.65. The SMILES string of the molecule is Nc1ccsc1-c1nc(-c2cccc3ccccc23)no1. The van der Waals surface area contributed by atoms with Gasteiger partial charge in [-0.05, 0) is 22.2 Å². The first-order chi connectivity index (χ1) is 10.3. The Bertz CT molecular complexity index is 921. The first kappa shape index (κ1) is 12.1. The maximum absolute atomic E-state index is 5.89. The zero-order valence-corrected chi connectivity index (χ0v) is 11.8. The molecule has 0 saturated carbocycles. The zero-order chi connectivity index (χ0) is 14.2. The first-order valence-electron chi connectivity index (χ1n) is 6.48. The lowest BCUT2D eigenvalue weighted by atomic mass is 10.0. The number of fused-ring (bicyclic) bond motifs is 1. The fourth-order valence-corrected chi connectivity index (χ4v) is 3.08. The van der Waals surface area contributed by atoms with Gasteiger partial charge in [0, 0.05) is 5.56 Å². The van der Waals surface area contributed by atoms with E-state index in [0.29, 0.717) is 17.4 Å². The Morgan fingerprint density at radius 1 is 1.00 bits per heavy atom. The summed E-state index contributed by atoms with van der Waals surface area (Å²) in [6, 6.07) is 16.0. The second-order valence-corrected chi connectivity index (χ2v) is 5.57. The van der Waals surface area contributed by atoms with Crippen LogP contribution in [0, 0.1) is 0 Å².